The normalized spacial score (nSPS) is 19.9. The highest BCUT2D eigenvalue weighted by Gasteiger charge is 2.34. The zero-order valence-electron chi connectivity index (χ0n) is 8.94. The van der Waals surface area contributed by atoms with Crippen LogP contribution in [0.4, 0.5) is 0 Å². The highest BCUT2D eigenvalue weighted by atomic mass is 32.2. The minimum Gasteiger partial charge on any atom is -0.265 e. The van der Waals surface area contributed by atoms with Crippen LogP contribution in [0.25, 0.3) is 0 Å². The van der Waals surface area contributed by atoms with Crippen molar-refractivity contribution < 1.29 is 4.79 Å². The number of aliphatic imine (C=N–C) groups is 1. The van der Waals surface area contributed by atoms with Gasteiger partial charge in [-0.3, -0.25) is 9.79 Å². The first-order valence-electron chi connectivity index (χ1n) is 4.33. The molecular weight excluding hydrogens is 200 g/mol. The summed E-state index contributed by atoms with van der Waals surface area (Å²) in [5.41, 5.74) is 0.282. The second-order valence-electron chi connectivity index (χ2n) is 4.08. The Hall–Kier alpha value is -0.590. The molecule has 0 atom stereocenters. The van der Waals surface area contributed by atoms with Gasteiger partial charge in [0.25, 0.3) is 5.91 Å². The van der Waals surface area contributed by atoms with Crippen LogP contribution in [0.5, 0.6) is 0 Å². The summed E-state index contributed by atoms with van der Waals surface area (Å²) in [4.78, 5) is 16.0. The van der Waals surface area contributed by atoms with Crippen LogP contribution >= 0.6 is 11.9 Å². The van der Waals surface area contributed by atoms with Gasteiger partial charge in [-0.1, -0.05) is 32.7 Å². The summed E-state index contributed by atoms with van der Waals surface area (Å²) in [6.45, 7) is 6.28. The third-order valence-corrected chi connectivity index (χ3v) is 2.63. The molecule has 0 aromatic heterocycles. The quantitative estimate of drug-likeness (QED) is 0.397. The molecule has 0 fully saturated rings. The molecule has 5 nitrogen and oxygen atoms in total. The number of hydrogen-bond donors (Lipinski definition) is 1. The van der Waals surface area contributed by atoms with Gasteiger partial charge >= 0.3 is 0 Å². The van der Waals surface area contributed by atoms with Crippen LogP contribution in [-0.2, 0) is 4.79 Å². The molecule has 0 spiro atoms. The number of nitrogens with zero attached hydrogens (tertiary/aromatic N) is 3. The lowest BCUT2D eigenvalue weighted by molar-refractivity contribution is -0.135. The van der Waals surface area contributed by atoms with Gasteiger partial charge in [-0.15, -0.1) is 4.41 Å². The van der Waals surface area contributed by atoms with Crippen LogP contribution < -0.4 is 5.84 Å². The van der Waals surface area contributed by atoms with Crippen molar-refractivity contribution in [1.29, 1.82) is 0 Å². The second-order valence-corrected chi connectivity index (χ2v) is 4.87. The van der Waals surface area contributed by atoms with Crippen LogP contribution in [-0.4, -0.2) is 34.1 Å². The Kier molecular flexibility index (Phi) is 3.18. The lowest BCUT2D eigenvalue weighted by atomic mass is 9.89. The third-order valence-electron chi connectivity index (χ3n) is 1.92. The molecule has 0 bridgehead atoms. The molecule has 0 saturated heterocycles. The molecule has 0 aliphatic carbocycles. The molecule has 0 radical (unpaired) electrons. The van der Waals surface area contributed by atoms with Crippen LogP contribution in [0.2, 0.25) is 0 Å². The Balaban J connectivity index is 2.93. The Labute approximate surface area is 88.4 Å². The minimum atomic E-state index is -0.251. The molecular formula is C8H16N4OS. The van der Waals surface area contributed by atoms with Crippen LogP contribution in [0.3, 0.4) is 0 Å². The van der Waals surface area contributed by atoms with E-state index in [0.29, 0.717) is 12.4 Å². The summed E-state index contributed by atoms with van der Waals surface area (Å²) in [5, 5.41) is 1.12. The first-order chi connectivity index (χ1) is 6.38. The van der Waals surface area contributed by atoms with E-state index < -0.39 is 0 Å². The van der Waals surface area contributed by atoms with Gasteiger partial charge in [-0.2, -0.15) is 5.12 Å². The SMILES string of the molecule is CSN1CN=C(C(C)(C)C)C(=O)N1N. The summed E-state index contributed by atoms with van der Waals surface area (Å²) in [6, 6.07) is 0. The molecule has 80 valence electrons. The van der Waals surface area contributed by atoms with E-state index in [1.54, 1.807) is 4.41 Å². The number of nitrogens with two attached hydrogens (primary N) is 1. The highest BCUT2D eigenvalue weighted by molar-refractivity contribution is 7.96. The topological polar surface area (TPSA) is 61.9 Å². The molecule has 1 aliphatic rings. The van der Waals surface area contributed by atoms with Gasteiger partial charge in [0.15, 0.2) is 0 Å². The van der Waals surface area contributed by atoms with Gasteiger partial charge in [-0.05, 0) is 6.26 Å². The fourth-order valence-electron chi connectivity index (χ4n) is 1.18. The molecule has 1 amide bonds. The monoisotopic (exact) mass is 216 g/mol. The second kappa shape index (κ2) is 3.88. The number of hydrazine groups is 2. The zero-order valence-corrected chi connectivity index (χ0v) is 9.76. The molecule has 1 aliphatic heterocycles. The third kappa shape index (κ3) is 2.08. The smallest absolute Gasteiger partial charge is 0.265 e. The highest BCUT2D eigenvalue weighted by Crippen LogP contribution is 2.22. The van der Waals surface area contributed by atoms with Gasteiger partial charge in [-0.25, -0.2) is 5.84 Å². The maximum absolute atomic E-state index is 11.8. The predicted octanol–water partition coefficient (Wildman–Crippen LogP) is 0.642. The summed E-state index contributed by atoms with van der Waals surface area (Å²) in [6.07, 6.45) is 1.85. The van der Waals surface area contributed by atoms with E-state index in [1.807, 2.05) is 27.0 Å². The number of amides is 1. The van der Waals surface area contributed by atoms with Crippen molar-refractivity contribution >= 4 is 23.6 Å². The molecule has 0 saturated carbocycles. The van der Waals surface area contributed by atoms with Crippen molar-refractivity contribution in [2.75, 3.05) is 12.9 Å². The van der Waals surface area contributed by atoms with Crippen molar-refractivity contribution in [3.05, 3.63) is 0 Å². The van der Waals surface area contributed by atoms with E-state index in [9.17, 15) is 4.79 Å². The largest absolute Gasteiger partial charge is 0.298 e. The standard InChI is InChI=1S/C8H16N4OS/c1-8(2,3)6-7(13)12(9)11(14-4)5-10-6/h5,9H2,1-4H3. The van der Waals surface area contributed by atoms with Crippen molar-refractivity contribution in [2.45, 2.75) is 20.8 Å². The number of rotatable bonds is 1. The Morgan fingerprint density at radius 1 is 1.50 bits per heavy atom. The fraction of sp³-hybridized carbons (Fsp3) is 0.750. The summed E-state index contributed by atoms with van der Waals surface area (Å²) >= 11 is 1.38. The van der Waals surface area contributed by atoms with E-state index in [1.165, 1.54) is 11.9 Å². The maximum atomic E-state index is 11.8. The summed E-state index contributed by atoms with van der Waals surface area (Å²) in [5.74, 6) is 5.40. The van der Waals surface area contributed by atoms with Gasteiger partial charge in [0.1, 0.15) is 12.4 Å². The molecule has 0 aromatic carbocycles. The van der Waals surface area contributed by atoms with E-state index >= 15 is 0 Å². The first kappa shape index (κ1) is 11.5. The van der Waals surface area contributed by atoms with Crippen molar-refractivity contribution in [2.24, 2.45) is 16.3 Å². The molecule has 1 heterocycles. The van der Waals surface area contributed by atoms with Crippen LogP contribution in [0, 0.1) is 5.41 Å². The molecule has 2 N–H and O–H groups in total. The average Bonchev–Trinajstić information content (AvgIpc) is 2.07. The van der Waals surface area contributed by atoms with E-state index in [2.05, 4.69) is 4.99 Å². The molecule has 0 aromatic rings. The fourth-order valence-corrected chi connectivity index (χ4v) is 1.60. The Morgan fingerprint density at radius 2 is 2.07 bits per heavy atom. The average molecular weight is 216 g/mol. The van der Waals surface area contributed by atoms with E-state index in [4.69, 9.17) is 5.84 Å². The first-order valence-corrected chi connectivity index (χ1v) is 5.51. The van der Waals surface area contributed by atoms with Crippen molar-refractivity contribution in [1.82, 2.24) is 9.53 Å². The molecule has 1 rings (SSSR count). The van der Waals surface area contributed by atoms with Gasteiger partial charge in [0, 0.05) is 5.41 Å². The predicted molar refractivity (Wildman–Crippen MR) is 58.1 cm³/mol. The molecule has 6 heteroatoms. The lowest BCUT2D eigenvalue weighted by Gasteiger charge is -2.34. The van der Waals surface area contributed by atoms with Gasteiger partial charge in [0.2, 0.25) is 0 Å². The maximum Gasteiger partial charge on any atom is 0.298 e. The summed E-state index contributed by atoms with van der Waals surface area (Å²) in [7, 11) is 0. The van der Waals surface area contributed by atoms with E-state index in [-0.39, 0.29) is 11.3 Å². The molecule has 0 unspecified atom stereocenters. The van der Waals surface area contributed by atoms with Crippen molar-refractivity contribution in [3.8, 4) is 0 Å². The zero-order chi connectivity index (χ0) is 10.9. The van der Waals surface area contributed by atoms with E-state index in [0.717, 1.165) is 5.12 Å². The Morgan fingerprint density at radius 3 is 2.50 bits per heavy atom. The molecule has 14 heavy (non-hydrogen) atoms. The Bertz CT molecular complexity index is 271. The van der Waals surface area contributed by atoms with Crippen molar-refractivity contribution in [3.63, 3.8) is 0 Å². The number of carbonyl (C=O) groups excluding carboxylic acids is 1. The lowest BCUT2D eigenvalue weighted by Crippen LogP contribution is -2.56. The number of hydrogen-bond acceptors (Lipinski definition) is 5. The van der Waals surface area contributed by atoms with Crippen LogP contribution in [0.15, 0.2) is 4.99 Å². The van der Waals surface area contributed by atoms with Crippen LogP contribution in [0.1, 0.15) is 20.8 Å². The minimum absolute atomic E-state index is 0.224. The summed E-state index contributed by atoms with van der Waals surface area (Å²) < 4.78 is 1.61. The number of carbonyl (C=O) groups is 1. The van der Waals surface area contributed by atoms with Gasteiger partial charge in [0.05, 0.1) is 0 Å². The van der Waals surface area contributed by atoms with Gasteiger partial charge < -0.3 is 0 Å².